The molecule has 10 nitrogen and oxygen atoms in total. The van der Waals surface area contributed by atoms with E-state index in [9.17, 15) is 14.4 Å². The number of thiazole rings is 1. The fourth-order valence-electron chi connectivity index (χ4n) is 2.99. The van der Waals surface area contributed by atoms with Crippen molar-refractivity contribution < 1.29 is 23.9 Å². The Morgan fingerprint density at radius 2 is 2.00 bits per heavy atom. The minimum atomic E-state index is -0.358. The van der Waals surface area contributed by atoms with Crippen molar-refractivity contribution in [3.05, 3.63) is 29.3 Å². The predicted octanol–water partition coefficient (Wildman–Crippen LogP) is 1.33. The highest BCUT2D eigenvalue weighted by molar-refractivity contribution is 7.13. The van der Waals surface area contributed by atoms with Crippen molar-refractivity contribution in [3.8, 4) is 11.5 Å². The molecule has 1 aromatic carbocycles. The van der Waals surface area contributed by atoms with Crippen LogP contribution in [0.5, 0.6) is 11.5 Å². The molecule has 0 aliphatic carbocycles. The number of nitrogens with one attached hydrogen (secondary N) is 2. The van der Waals surface area contributed by atoms with Crippen LogP contribution in [0.15, 0.2) is 23.6 Å². The van der Waals surface area contributed by atoms with Gasteiger partial charge in [0.1, 0.15) is 18.0 Å². The van der Waals surface area contributed by atoms with Gasteiger partial charge in [-0.15, -0.1) is 11.3 Å². The average molecular weight is 433 g/mol. The van der Waals surface area contributed by atoms with E-state index in [1.165, 1.54) is 23.3 Å². The highest BCUT2D eigenvalue weighted by Gasteiger charge is 2.32. The quantitative estimate of drug-likeness (QED) is 0.649. The number of urea groups is 1. The summed E-state index contributed by atoms with van der Waals surface area (Å²) in [6, 6.07) is 4.91. The zero-order valence-corrected chi connectivity index (χ0v) is 17.7. The summed E-state index contributed by atoms with van der Waals surface area (Å²) in [5.74, 6) is 0.630. The second-order valence-corrected chi connectivity index (χ2v) is 7.29. The summed E-state index contributed by atoms with van der Waals surface area (Å²) in [5.41, 5.74) is 1.16. The molecular formula is C19H23N5O5S. The molecule has 1 aliphatic heterocycles. The van der Waals surface area contributed by atoms with Crippen LogP contribution < -0.4 is 25.0 Å². The van der Waals surface area contributed by atoms with Crippen molar-refractivity contribution in [1.82, 2.24) is 15.2 Å². The zero-order chi connectivity index (χ0) is 21.7. The van der Waals surface area contributed by atoms with Crippen LogP contribution in [0.2, 0.25) is 0 Å². The number of aromatic nitrogens is 1. The Morgan fingerprint density at radius 1 is 1.20 bits per heavy atom. The van der Waals surface area contributed by atoms with Gasteiger partial charge >= 0.3 is 6.03 Å². The van der Waals surface area contributed by atoms with Crippen LogP contribution in [-0.2, 0) is 16.0 Å². The van der Waals surface area contributed by atoms with Crippen molar-refractivity contribution >= 4 is 40.0 Å². The summed E-state index contributed by atoms with van der Waals surface area (Å²) in [7, 11) is 4.63. The fourth-order valence-corrected chi connectivity index (χ4v) is 3.72. The van der Waals surface area contributed by atoms with Gasteiger partial charge in [0.15, 0.2) is 5.13 Å². The maximum Gasteiger partial charge on any atom is 0.325 e. The Labute approximate surface area is 177 Å². The molecule has 0 bridgehead atoms. The van der Waals surface area contributed by atoms with Gasteiger partial charge in [0.2, 0.25) is 11.8 Å². The number of carbonyl (C=O) groups is 3. The van der Waals surface area contributed by atoms with E-state index < -0.39 is 0 Å². The Hall–Kier alpha value is -3.34. The molecule has 0 saturated carbocycles. The molecule has 0 radical (unpaired) electrons. The molecule has 4 amide bonds. The fraction of sp³-hybridized carbons (Fsp3) is 0.368. The minimum Gasteiger partial charge on any atom is -0.497 e. The van der Waals surface area contributed by atoms with Crippen molar-refractivity contribution in [1.29, 1.82) is 0 Å². The van der Waals surface area contributed by atoms with Crippen LogP contribution in [0, 0.1) is 0 Å². The van der Waals surface area contributed by atoms with Crippen LogP contribution in [0.1, 0.15) is 5.69 Å². The zero-order valence-electron chi connectivity index (χ0n) is 16.9. The molecule has 3 rings (SSSR count). The van der Waals surface area contributed by atoms with E-state index in [2.05, 4.69) is 15.6 Å². The van der Waals surface area contributed by atoms with Gasteiger partial charge < -0.3 is 25.0 Å². The number of benzene rings is 1. The van der Waals surface area contributed by atoms with Gasteiger partial charge in [0.05, 0.1) is 32.0 Å². The first-order chi connectivity index (χ1) is 14.4. The number of hydrogen-bond acceptors (Lipinski definition) is 7. The number of hydrogen-bond donors (Lipinski definition) is 2. The molecule has 1 fully saturated rings. The third-order valence-electron chi connectivity index (χ3n) is 4.52. The Kier molecular flexibility index (Phi) is 6.72. The van der Waals surface area contributed by atoms with Gasteiger partial charge in [-0.2, -0.15) is 0 Å². The molecule has 0 atom stereocenters. The minimum absolute atomic E-state index is 0.105. The second kappa shape index (κ2) is 9.44. The average Bonchev–Trinajstić information content (AvgIpc) is 3.33. The van der Waals surface area contributed by atoms with Gasteiger partial charge in [-0.1, -0.05) is 0 Å². The number of likely N-dealkylation sites (N-methyl/N-ethyl adjacent to an activating group) is 1. The lowest BCUT2D eigenvalue weighted by atomic mass is 10.2. The summed E-state index contributed by atoms with van der Waals surface area (Å²) in [6.45, 7) is 0.710. The van der Waals surface area contributed by atoms with Gasteiger partial charge in [0, 0.05) is 31.6 Å². The normalized spacial score (nSPS) is 13.4. The van der Waals surface area contributed by atoms with E-state index in [1.807, 2.05) is 0 Å². The van der Waals surface area contributed by atoms with Gasteiger partial charge in [0.25, 0.3) is 0 Å². The van der Waals surface area contributed by atoms with E-state index in [-0.39, 0.29) is 30.8 Å². The lowest BCUT2D eigenvalue weighted by Crippen LogP contribution is -2.37. The molecule has 0 spiro atoms. The largest absolute Gasteiger partial charge is 0.497 e. The lowest BCUT2D eigenvalue weighted by molar-refractivity contribution is -0.120. The third-order valence-corrected chi connectivity index (χ3v) is 5.33. The van der Waals surface area contributed by atoms with Crippen LogP contribution in [-0.4, -0.2) is 68.6 Å². The smallest absolute Gasteiger partial charge is 0.325 e. The SMILES string of the molecule is CNC(=O)Cc1csc(NC(=O)CN2CCN(c3cc(OC)ccc3OC)C2=O)n1. The summed E-state index contributed by atoms with van der Waals surface area (Å²) >= 11 is 1.23. The third kappa shape index (κ3) is 4.79. The van der Waals surface area contributed by atoms with Crippen molar-refractivity contribution in [2.75, 3.05) is 51.1 Å². The van der Waals surface area contributed by atoms with Crippen molar-refractivity contribution in [2.24, 2.45) is 0 Å². The number of rotatable bonds is 8. The number of ether oxygens (including phenoxy) is 2. The topological polar surface area (TPSA) is 113 Å². The first-order valence-electron chi connectivity index (χ1n) is 9.18. The predicted molar refractivity (Wildman–Crippen MR) is 112 cm³/mol. The summed E-state index contributed by atoms with van der Waals surface area (Å²) in [4.78, 5) is 43.9. The summed E-state index contributed by atoms with van der Waals surface area (Å²) in [6.07, 6.45) is 0.144. The highest BCUT2D eigenvalue weighted by Crippen LogP contribution is 2.34. The molecule has 1 saturated heterocycles. The van der Waals surface area contributed by atoms with Gasteiger partial charge in [-0.25, -0.2) is 9.78 Å². The van der Waals surface area contributed by atoms with Crippen LogP contribution >= 0.6 is 11.3 Å². The second-order valence-electron chi connectivity index (χ2n) is 6.44. The monoisotopic (exact) mass is 433 g/mol. The highest BCUT2D eigenvalue weighted by atomic mass is 32.1. The molecule has 160 valence electrons. The van der Waals surface area contributed by atoms with Crippen LogP contribution in [0.25, 0.3) is 0 Å². The van der Waals surface area contributed by atoms with Crippen molar-refractivity contribution in [2.45, 2.75) is 6.42 Å². The Balaban J connectivity index is 1.62. The van der Waals surface area contributed by atoms with E-state index in [0.717, 1.165) is 0 Å². The molecule has 2 N–H and O–H groups in total. The maximum atomic E-state index is 12.8. The van der Waals surface area contributed by atoms with Gasteiger partial charge in [-0.05, 0) is 12.1 Å². The number of anilines is 2. The number of amides is 4. The van der Waals surface area contributed by atoms with Gasteiger partial charge in [-0.3, -0.25) is 14.5 Å². The number of carbonyl (C=O) groups excluding carboxylic acids is 3. The van der Waals surface area contributed by atoms with E-state index in [1.54, 1.807) is 42.6 Å². The summed E-state index contributed by atoms with van der Waals surface area (Å²) < 4.78 is 10.6. The summed E-state index contributed by atoms with van der Waals surface area (Å²) in [5, 5.41) is 7.30. The van der Waals surface area contributed by atoms with Crippen LogP contribution in [0.3, 0.4) is 0 Å². The van der Waals surface area contributed by atoms with E-state index >= 15 is 0 Å². The van der Waals surface area contributed by atoms with Crippen LogP contribution in [0.4, 0.5) is 15.6 Å². The number of nitrogens with zero attached hydrogens (tertiary/aromatic N) is 3. The Bertz CT molecular complexity index is 947. The number of methoxy groups -OCH3 is 2. The van der Waals surface area contributed by atoms with E-state index in [4.69, 9.17) is 9.47 Å². The molecule has 2 aromatic rings. The molecule has 0 unspecified atom stereocenters. The molecule has 11 heteroatoms. The molecule has 2 heterocycles. The van der Waals surface area contributed by atoms with E-state index in [0.29, 0.717) is 41.1 Å². The molecule has 30 heavy (non-hydrogen) atoms. The first kappa shape index (κ1) is 21.4. The molecule has 1 aliphatic rings. The maximum absolute atomic E-state index is 12.8. The molecular weight excluding hydrogens is 410 g/mol. The standard InChI is InChI=1S/C19H23N5O5S/c1-20-16(25)8-12-11-30-18(21-12)22-17(26)10-23-6-7-24(19(23)27)14-9-13(28-2)4-5-15(14)29-3/h4-5,9,11H,6-8,10H2,1-3H3,(H,20,25)(H,21,22,26). The Morgan fingerprint density at radius 3 is 2.70 bits per heavy atom. The molecule has 1 aromatic heterocycles. The lowest BCUT2D eigenvalue weighted by Gasteiger charge is -2.20. The van der Waals surface area contributed by atoms with Crippen molar-refractivity contribution in [3.63, 3.8) is 0 Å². The first-order valence-corrected chi connectivity index (χ1v) is 10.1.